The average molecular weight is 929 g/mol. The summed E-state index contributed by atoms with van der Waals surface area (Å²) in [7, 11) is 0. The Hall–Kier alpha value is -5.76. The number of H-pyrrole nitrogens is 2. The van der Waals surface area contributed by atoms with Crippen LogP contribution in [0.25, 0.3) is 74.5 Å². The molecule has 0 atom stereocenters. The van der Waals surface area contributed by atoms with Crippen LogP contribution in [0.2, 0.25) is 0 Å². The molecule has 0 saturated carbocycles. The highest BCUT2D eigenvalue weighted by atomic mass is 35.5. The van der Waals surface area contributed by atoms with Crippen LogP contribution in [0.3, 0.4) is 0 Å². The van der Waals surface area contributed by atoms with Crippen LogP contribution in [0.4, 0.5) is 70.2 Å². The monoisotopic (exact) mass is 928 g/mol. The maximum Gasteiger partial charge on any atom is 0.393 e. The summed E-state index contributed by atoms with van der Waals surface area (Å²) in [4.78, 5) is 12.7. The number of rotatable bonds is 9. The molecule has 0 amide bonds. The summed E-state index contributed by atoms with van der Waals surface area (Å²) in [5.74, 6) is -34.2. The lowest BCUT2D eigenvalue weighted by Gasteiger charge is -2.34. The van der Waals surface area contributed by atoms with Crippen LogP contribution in [-0.2, 0) is 5.92 Å². The fourth-order valence-corrected chi connectivity index (χ4v) is 6.77. The van der Waals surface area contributed by atoms with E-state index in [9.17, 15) is 43.9 Å². The number of allylic oxidation sites excluding steroid dienone is 1. The number of alkyl halides is 14. The second-order valence-corrected chi connectivity index (χ2v) is 14.4. The third-order valence-electron chi connectivity index (χ3n) is 9.48. The molecule has 3 aromatic heterocycles. The number of hydrogen-bond donors (Lipinski definition) is 2. The van der Waals surface area contributed by atoms with E-state index in [1.165, 1.54) is 0 Å². The van der Waals surface area contributed by atoms with Crippen LogP contribution < -0.4 is 0 Å². The van der Waals surface area contributed by atoms with Gasteiger partial charge in [-0.1, -0.05) is 24.3 Å². The van der Waals surface area contributed by atoms with Crippen LogP contribution >= 0.6 is 23.2 Å². The van der Waals surface area contributed by atoms with Crippen LogP contribution in [-0.4, -0.2) is 48.5 Å². The lowest BCUT2D eigenvalue weighted by Crippen LogP contribution is -2.59. The van der Waals surface area contributed by atoms with Gasteiger partial charge in [-0.2, -0.15) is 52.7 Å². The largest absolute Gasteiger partial charge is 0.393 e. The molecule has 0 unspecified atom stereocenters. The molecule has 2 aromatic carbocycles. The van der Waals surface area contributed by atoms with Crippen molar-refractivity contribution in [2.24, 2.45) is 0 Å². The maximum atomic E-state index is 16.4. The molecule has 7 rings (SSSR count). The molecule has 0 radical (unpaired) electrons. The molecule has 324 valence electrons. The van der Waals surface area contributed by atoms with Crippen LogP contribution in [0, 0.1) is 11.6 Å². The van der Waals surface area contributed by atoms with Gasteiger partial charge in [-0.05, 0) is 107 Å². The molecule has 0 aliphatic carbocycles. The molecule has 2 aliphatic rings. The first-order chi connectivity index (χ1) is 28.7. The van der Waals surface area contributed by atoms with Crippen molar-refractivity contribution in [3.8, 4) is 22.3 Å². The van der Waals surface area contributed by atoms with Gasteiger partial charge >= 0.3 is 34.5 Å². The third kappa shape index (κ3) is 7.19. The van der Waals surface area contributed by atoms with Gasteiger partial charge in [0.2, 0.25) is 5.83 Å². The SMILES string of the molecule is F/C(=C(/F)C(F)(F)C(F)(F)Cl)c1c2nc(c(-c3cccc(F)c3)c3ccc([nH]3)c(C(F)(F)C(F)(F)C(F)(F)C(F)(F)Cl)c3nc(c(-c4cccc(F)c4)c4ccc1[nH]4)C=C3)C=C2. The van der Waals surface area contributed by atoms with Crippen LogP contribution in [0.15, 0.2) is 78.6 Å². The summed E-state index contributed by atoms with van der Waals surface area (Å²) in [6.07, 6.45) is 3.10. The first kappa shape index (κ1) is 44.3. The molecular formula is C40H18Cl2F16N4. The van der Waals surface area contributed by atoms with E-state index in [-0.39, 0.29) is 11.1 Å². The van der Waals surface area contributed by atoms with Crippen molar-refractivity contribution in [3.05, 3.63) is 124 Å². The lowest BCUT2D eigenvalue weighted by atomic mass is 9.95. The molecule has 4 nitrogen and oxygen atoms in total. The zero-order valence-corrected chi connectivity index (χ0v) is 31.4. The Morgan fingerprint density at radius 1 is 0.500 bits per heavy atom. The van der Waals surface area contributed by atoms with E-state index in [1.807, 2.05) is 0 Å². The number of benzene rings is 2. The quantitative estimate of drug-likeness (QED) is 0.112. The highest BCUT2D eigenvalue weighted by Gasteiger charge is 2.81. The van der Waals surface area contributed by atoms with Crippen molar-refractivity contribution in [2.45, 2.75) is 34.5 Å². The summed E-state index contributed by atoms with van der Waals surface area (Å²) in [6, 6.07) is 11.1. The standard InChI is InChI=1S/C40H18Cl2F16N4/c41-39(55,56)36(49,50)34(46)33(45)31-25-9-7-21(59-25)29(17-3-1-5-19(43)15-17)23-11-13-27(61-23)32(35(47,48)37(51,52)38(53,54)40(42,57)58)28-14-12-24(62-28)30(22-8-10-26(31)60-22)18-4-2-6-20(44)16-18/h1-16,59,62H/b29-21?,29-23?,30-22?,30-24?,31-25?,31-26?,32-27?,32-28?,34-33+. The molecule has 62 heavy (non-hydrogen) atoms. The molecule has 0 saturated heterocycles. The summed E-state index contributed by atoms with van der Waals surface area (Å²) in [5.41, 5.74) is -10.9. The zero-order valence-electron chi connectivity index (χ0n) is 29.9. The van der Waals surface area contributed by atoms with Crippen LogP contribution in [0.5, 0.6) is 0 Å². The molecular weight excluding hydrogens is 911 g/mol. The van der Waals surface area contributed by atoms with E-state index in [4.69, 9.17) is 0 Å². The number of halogens is 18. The second kappa shape index (κ2) is 15.0. The fraction of sp³-hybridized carbons (Fsp3) is 0.150. The molecule has 8 bridgehead atoms. The fourth-order valence-electron chi connectivity index (χ4n) is 6.57. The highest BCUT2D eigenvalue weighted by Crippen LogP contribution is 2.58. The smallest absolute Gasteiger partial charge is 0.354 e. The third-order valence-corrected chi connectivity index (χ3v) is 9.96. The topological polar surface area (TPSA) is 57.4 Å². The lowest BCUT2D eigenvalue weighted by molar-refractivity contribution is -0.352. The first-order valence-electron chi connectivity index (χ1n) is 17.1. The summed E-state index contributed by atoms with van der Waals surface area (Å²) >= 11 is 8.70. The molecule has 2 N–H and O–H groups in total. The van der Waals surface area contributed by atoms with Gasteiger partial charge in [0.05, 0.1) is 44.9 Å². The molecule has 2 aliphatic heterocycles. The minimum absolute atomic E-state index is 0.251. The molecule has 5 heterocycles. The van der Waals surface area contributed by atoms with E-state index < -0.39 is 125 Å². The molecule has 0 fully saturated rings. The van der Waals surface area contributed by atoms with E-state index >= 15 is 26.3 Å². The maximum absolute atomic E-state index is 16.4. The predicted octanol–water partition coefficient (Wildman–Crippen LogP) is 14.5. The van der Waals surface area contributed by atoms with E-state index in [1.54, 1.807) is 0 Å². The minimum atomic E-state index is -7.00. The predicted molar refractivity (Wildman–Crippen MR) is 199 cm³/mol. The molecule has 0 spiro atoms. The van der Waals surface area contributed by atoms with Crippen molar-refractivity contribution in [1.82, 2.24) is 19.9 Å². The van der Waals surface area contributed by atoms with Gasteiger partial charge in [-0.15, -0.1) is 0 Å². The minimum Gasteiger partial charge on any atom is -0.354 e. The van der Waals surface area contributed by atoms with Gasteiger partial charge in [0.1, 0.15) is 11.6 Å². The van der Waals surface area contributed by atoms with E-state index in [0.717, 1.165) is 85.0 Å². The zero-order chi connectivity index (χ0) is 45.5. The Morgan fingerprint density at radius 2 is 0.935 bits per heavy atom. The number of aromatic amines is 2. The van der Waals surface area contributed by atoms with Crippen LogP contribution in [0.1, 0.15) is 33.9 Å². The normalized spacial score (nSPS) is 14.4. The summed E-state index contributed by atoms with van der Waals surface area (Å²) in [5, 5.41) is -12.0. The molecule has 22 heteroatoms. The summed E-state index contributed by atoms with van der Waals surface area (Å²) in [6.45, 7) is 0. The van der Waals surface area contributed by atoms with Gasteiger partial charge in [0.25, 0.3) is 0 Å². The van der Waals surface area contributed by atoms with Gasteiger partial charge in [0, 0.05) is 22.2 Å². The number of fused-ring (bicyclic) bond motifs is 8. The number of nitrogens with zero attached hydrogens (tertiary/aromatic N) is 2. The Morgan fingerprint density at radius 3 is 1.42 bits per heavy atom. The average Bonchev–Trinajstić information content (AvgIpc) is 4.01. The first-order valence-corrected chi connectivity index (χ1v) is 17.8. The second-order valence-electron chi connectivity index (χ2n) is 13.4. The molecule has 5 aromatic rings. The Kier molecular flexibility index (Phi) is 10.7. The van der Waals surface area contributed by atoms with Crippen molar-refractivity contribution >= 4 is 75.4 Å². The number of aromatic nitrogens is 4. The van der Waals surface area contributed by atoms with Crippen molar-refractivity contribution < 1.29 is 70.2 Å². The number of nitrogens with one attached hydrogen (secondary N) is 2. The Balaban J connectivity index is 1.73. The van der Waals surface area contributed by atoms with Gasteiger partial charge in [-0.3, -0.25) is 0 Å². The van der Waals surface area contributed by atoms with Crippen molar-refractivity contribution in [2.75, 3.05) is 0 Å². The number of hydrogen-bond acceptors (Lipinski definition) is 2. The van der Waals surface area contributed by atoms with E-state index in [0.29, 0.717) is 12.1 Å². The van der Waals surface area contributed by atoms with Gasteiger partial charge in [0.15, 0.2) is 5.83 Å². The van der Waals surface area contributed by atoms with E-state index in [2.05, 4.69) is 43.1 Å². The van der Waals surface area contributed by atoms with Crippen molar-refractivity contribution in [3.63, 3.8) is 0 Å². The van der Waals surface area contributed by atoms with Gasteiger partial charge in [-0.25, -0.2) is 27.5 Å². The highest BCUT2D eigenvalue weighted by molar-refractivity contribution is 6.23. The Bertz CT molecular complexity index is 2860. The van der Waals surface area contributed by atoms with Gasteiger partial charge < -0.3 is 9.97 Å². The Labute approximate surface area is 345 Å². The van der Waals surface area contributed by atoms with Crippen molar-refractivity contribution in [1.29, 1.82) is 0 Å². The summed E-state index contributed by atoms with van der Waals surface area (Å²) < 4.78 is 238.